The number of aryl methyl sites for hydroxylation is 1. The van der Waals surface area contributed by atoms with Crippen molar-refractivity contribution in [3.63, 3.8) is 0 Å². The average Bonchev–Trinajstić information content (AvgIpc) is 3.56. The molecule has 1 aromatic heterocycles. The minimum atomic E-state index is -0.602. The molecule has 0 saturated carbocycles. The Kier molecular flexibility index (Phi) is 8.65. The highest BCUT2D eigenvalue weighted by Crippen LogP contribution is 2.40. The molecule has 0 unspecified atom stereocenters. The molecule has 0 fully saturated rings. The maximum absolute atomic E-state index is 6.17. The first-order valence-corrected chi connectivity index (χ1v) is 14.8. The molecule has 5 aromatic carbocycles. The van der Waals surface area contributed by atoms with E-state index in [0.717, 1.165) is 45.0 Å². The van der Waals surface area contributed by atoms with Crippen molar-refractivity contribution < 1.29 is 9.57 Å². The number of aromatic nitrogens is 2. The van der Waals surface area contributed by atoms with Gasteiger partial charge in [-0.3, -0.25) is 0 Å². The van der Waals surface area contributed by atoms with Gasteiger partial charge >= 0.3 is 0 Å². The lowest BCUT2D eigenvalue weighted by Gasteiger charge is -2.37. The number of hydrogen-bond acceptors (Lipinski definition) is 4. The highest BCUT2D eigenvalue weighted by molar-refractivity contribution is 5.98. The Morgan fingerprint density at radius 3 is 1.77 bits per heavy atom. The fraction of sp³-hybridized carbons (Fsp3) is 0.128. The third-order valence-corrected chi connectivity index (χ3v) is 7.81. The molecule has 5 heteroatoms. The second kappa shape index (κ2) is 13.3. The summed E-state index contributed by atoms with van der Waals surface area (Å²) in [5.74, 6) is 0.761. The Morgan fingerprint density at radius 1 is 0.682 bits per heavy atom. The lowest BCUT2D eigenvalue weighted by atomic mass is 9.77. The van der Waals surface area contributed by atoms with Crippen molar-refractivity contribution >= 4 is 5.71 Å². The van der Waals surface area contributed by atoms with Crippen molar-refractivity contribution in [3.8, 4) is 5.75 Å². The van der Waals surface area contributed by atoms with E-state index in [2.05, 4.69) is 138 Å². The number of ether oxygens (including phenoxy) is 1. The third kappa shape index (κ3) is 6.18. The van der Waals surface area contributed by atoms with Gasteiger partial charge in [0.15, 0.2) is 0 Å². The standard InChI is InChI=1S/C39H35N3O2/c1-30-18-20-32(21-19-30)27-44-41-31(2)33-22-24-38(25-23-33)43-28-37-26-42(29-40-37)39(34-12-6-3-7-13-34,35-14-8-4-9-15-35)36-16-10-5-11-17-36/h3-26,29H,27-28H2,1-2H3/b41-31+. The normalized spacial score (nSPS) is 11.7. The van der Waals surface area contributed by atoms with Gasteiger partial charge in [-0.15, -0.1) is 0 Å². The van der Waals surface area contributed by atoms with Crippen LogP contribution in [-0.2, 0) is 23.6 Å². The van der Waals surface area contributed by atoms with E-state index in [9.17, 15) is 0 Å². The van der Waals surface area contributed by atoms with Crippen molar-refractivity contribution in [1.29, 1.82) is 0 Å². The summed E-state index contributed by atoms with van der Waals surface area (Å²) < 4.78 is 8.37. The maximum Gasteiger partial charge on any atom is 0.142 e. The van der Waals surface area contributed by atoms with Gasteiger partial charge in [-0.25, -0.2) is 4.98 Å². The predicted molar refractivity (Wildman–Crippen MR) is 176 cm³/mol. The van der Waals surface area contributed by atoms with Gasteiger partial charge in [0.25, 0.3) is 0 Å². The fourth-order valence-corrected chi connectivity index (χ4v) is 5.50. The maximum atomic E-state index is 6.17. The lowest BCUT2D eigenvalue weighted by molar-refractivity contribution is 0.130. The molecule has 44 heavy (non-hydrogen) atoms. The molecule has 6 aromatic rings. The van der Waals surface area contributed by atoms with Gasteiger partial charge < -0.3 is 14.1 Å². The topological polar surface area (TPSA) is 48.6 Å². The lowest BCUT2D eigenvalue weighted by Crippen LogP contribution is -2.36. The highest BCUT2D eigenvalue weighted by Gasteiger charge is 2.38. The molecule has 0 saturated heterocycles. The van der Waals surface area contributed by atoms with E-state index in [0.29, 0.717) is 13.2 Å². The van der Waals surface area contributed by atoms with Gasteiger partial charge in [0.05, 0.1) is 17.7 Å². The molecule has 218 valence electrons. The number of rotatable bonds is 11. The van der Waals surface area contributed by atoms with Gasteiger partial charge in [0, 0.05) is 6.20 Å². The molecule has 5 nitrogen and oxygen atoms in total. The van der Waals surface area contributed by atoms with Crippen molar-refractivity contribution in [2.24, 2.45) is 5.16 Å². The first-order chi connectivity index (χ1) is 21.6. The van der Waals surface area contributed by atoms with Gasteiger partial charge in [-0.1, -0.05) is 126 Å². The molecule has 0 aliphatic carbocycles. The predicted octanol–water partition coefficient (Wildman–Crippen LogP) is 8.55. The SMILES string of the molecule is C/C(=N\OCc1ccc(C)cc1)c1ccc(OCc2cn(C(c3ccccc3)(c3ccccc3)c3ccccc3)cn2)cc1. The quantitative estimate of drug-likeness (QED) is 0.0881. The van der Waals surface area contributed by atoms with Gasteiger partial charge in [-0.05, 0) is 65.9 Å². The summed E-state index contributed by atoms with van der Waals surface area (Å²) in [7, 11) is 0. The highest BCUT2D eigenvalue weighted by atomic mass is 16.6. The molecule has 0 spiro atoms. The Labute approximate surface area is 259 Å². The van der Waals surface area contributed by atoms with Crippen LogP contribution in [0, 0.1) is 6.92 Å². The minimum Gasteiger partial charge on any atom is -0.487 e. The van der Waals surface area contributed by atoms with Crippen LogP contribution in [0.15, 0.2) is 157 Å². The summed E-state index contributed by atoms with van der Waals surface area (Å²) in [6.45, 7) is 4.79. The van der Waals surface area contributed by atoms with Crippen LogP contribution in [0.4, 0.5) is 0 Å². The first-order valence-electron chi connectivity index (χ1n) is 14.8. The molecule has 0 bridgehead atoms. The molecule has 0 N–H and O–H groups in total. The van der Waals surface area contributed by atoms with E-state index in [1.54, 1.807) is 0 Å². The van der Waals surface area contributed by atoms with Crippen LogP contribution in [-0.4, -0.2) is 15.3 Å². The molecule has 1 heterocycles. The molecular formula is C39H35N3O2. The zero-order chi connectivity index (χ0) is 30.2. The Balaban J connectivity index is 1.20. The third-order valence-electron chi connectivity index (χ3n) is 7.81. The van der Waals surface area contributed by atoms with Crippen LogP contribution in [0.5, 0.6) is 5.75 Å². The Hall–Kier alpha value is -5.42. The van der Waals surface area contributed by atoms with Crippen molar-refractivity contribution in [1.82, 2.24) is 9.55 Å². The summed E-state index contributed by atoms with van der Waals surface area (Å²) in [5, 5.41) is 4.30. The van der Waals surface area contributed by atoms with Gasteiger partial charge in [0.1, 0.15) is 24.5 Å². The van der Waals surface area contributed by atoms with Crippen molar-refractivity contribution in [2.45, 2.75) is 32.6 Å². The van der Waals surface area contributed by atoms with Gasteiger partial charge in [-0.2, -0.15) is 0 Å². The first kappa shape index (κ1) is 28.7. The largest absolute Gasteiger partial charge is 0.487 e. The summed E-state index contributed by atoms with van der Waals surface area (Å²) in [4.78, 5) is 10.4. The van der Waals surface area contributed by atoms with Crippen LogP contribution < -0.4 is 4.74 Å². The van der Waals surface area contributed by atoms with E-state index in [4.69, 9.17) is 14.6 Å². The van der Waals surface area contributed by atoms with Crippen LogP contribution in [0.1, 0.15) is 46.0 Å². The molecule has 6 rings (SSSR count). The smallest absolute Gasteiger partial charge is 0.142 e. The number of hydrogen-bond donors (Lipinski definition) is 0. The number of benzene rings is 5. The monoisotopic (exact) mass is 577 g/mol. The van der Waals surface area contributed by atoms with Crippen molar-refractivity contribution in [3.05, 3.63) is 191 Å². The van der Waals surface area contributed by atoms with E-state index >= 15 is 0 Å². The summed E-state index contributed by atoms with van der Waals surface area (Å²) >= 11 is 0. The second-order valence-electron chi connectivity index (χ2n) is 10.8. The average molecular weight is 578 g/mol. The van der Waals surface area contributed by atoms with E-state index in [-0.39, 0.29) is 0 Å². The van der Waals surface area contributed by atoms with Crippen LogP contribution in [0.3, 0.4) is 0 Å². The molecule has 0 aliphatic rings. The van der Waals surface area contributed by atoms with Crippen LogP contribution in [0.25, 0.3) is 0 Å². The second-order valence-corrected chi connectivity index (χ2v) is 10.8. The molecular weight excluding hydrogens is 542 g/mol. The number of imidazole rings is 1. The summed E-state index contributed by atoms with van der Waals surface area (Å²) in [6, 6.07) is 47.9. The number of oxime groups is 1. The van der Waals surface area contributed by atoms with Crippen LogP contribution >= 0.6 is 0 Å². The molecule has 0 atom stereocenters. The van der Waals surface area contributed by atoms with Gasteiger partial charge in [0.2, 0.25) is 0 Å². The minimum absolute atomic E-state index is 0.341. The van der Waals surface area contributed by atoms with Crippen molar-refractivity contribution in [2.75, 3.05) is 0 Å². The number of nitrogens with zero attached hydrogens (tertiary/aromatic N) is 3. The summed E-state index contributed by atoms with van der Waals surface area (Å²) in [6.07, 6.45) is 3.99. The van der Waals surface area contributed by atoms with E-state index < -0.39 is 5.54 Å². The zero-order valence-corrected chi connectivity index (χ0v) is 25.0. The summed E-state index contributed by atoms with van der Waals surface area (Å²) in [5.41, 5.74) is 7.78. The van der Waals surface area contributed by atoms with Crippen LogP contribution in [0.2, 0.25) is 0 Å². The fourth-order valence-electron chi connectivity index (χ4n) is 5.50. The Morgan fingerprint density at radius 2 is 1.23 bits per heavy atom. The van der Waals surface area contributed by atoms with E-state index in [1.807, 2.05) is 37.5 Å². The molecule has 0 amide bonds. The zero-order valence-electron chi connectivity index (χ0n) is 25.0. The van der Waals surface area contributed by atoms with E-state index in [1.165, 1.54) is 5.56 Å². The molecule has 0 radical (unpaired) electrons. The Bertz CT molecular complexity index is 1700. The molecule has 0 aliphatic heterocycles.